The van der Waals surface area contributed by atoms with Crippen molar-refractivity contribution in [1.82, 2.24) is 11.1 Å². The van der Waals surface area contributed by atoms with Gasteiger partial charge in [0.15, 0.2) is 0 Å². The molecule has 2 aliphatic rings. The van der Waals surface area contributed by atoms with E-state index in [1.165, 1.54) is 19.3 Å². The molecule has 2 heterocycles. The molecule has 2 saturated heterocycles. The Morgan fingerprint density at radius 2 is 2.22 bits per heavy atom. The number of hydrogen-bond acceptors (Lipinski definition) is 1. The molecule has 2 aliphatic heterocycles. The van der Waals surface area contributed by atoms with Crippen molar-refractivity contribution in [2.75, 3.05) is 0 Å². The second-order valence-corrected chi connectivity index (χ2v) is 3.35. The van der Waals surface area contributed by atoms with Crippen molar-refractivity contribution in [2.45, 2.75) is 43.8 Å². The smallest absolute Gasteiger partial charge is 0.0820 e. The number of rotatable bonds is 0. The van der Waals surface area contributed by atoms with E-state index >= 15 is 0 Å². The van der Waals surface area contributed by atoms with Crippen LogP contribution < -0.4 is 11.1 Å². The van der Waals surface area contributed by atoms with E-state index in [4.69, 9.17) is 5.73 Å². The zero-order valence-electron chi connectivity index (χ0n) is 5.61. The molecule has 0 aromatic heterocycles. The first kappa shape index (κ1) is 5.69. The Morgan fingerprint density at radius 1 is 1.33 bits per heavy atom. The van der Waals surface area contributed by atoms with Crippen molar-refractivity contribution in [1.29, 1.82) is 0 Å². The monoisotopic (exact) mass is 125 g/mol. The number of hydrogen-bond donors (Lipinski definition) is 1. The van der Waals surface area contributed by atoms with Crippen LogP contribution in [-0.2, 0) is 0 Å². The molecule has 2 nitrogen and oxygen atoms in total. The lowest BCUT2D eigenvalue weighted by Crippen LogP contribution is -2.47. The van der Waals surface area contributed by atoms with E-state index < -0.39 is 0 Å². The maximum Gasteiger partial charge on any atom is 0.0820 e. The Morgan fingerprint density at radius 3 is 2.89 bits per heavy atom. The zero-order valence-corrected chi connectivity index (χ0v) is 5.61. The lowest BCUT2D eigenvalue weighted by Gasteiger charge is -2.29. The second kappa shape index (κ2) is 1.70. The van der Waals surface area contributed by atoms with Crippen molar-refractivity contribution in [2.24, 2.45) is 0 Å². The lowest BCUT2D eigenvalue weighted by atomic mass is 10.0. The van der Waals surface area contributed by atoms with Gasteiger partial charge in [-0.25, -0.2) is 5.73 Å². The van der Waals surface area contributed by atoms with Crippen LogP contribution in [0.5, 0.6) is 0 Å². The summed E-state index contributed by atoms with van der Waals surface area (Å²) in [7, 11) is 0. The molecule has 2 rings (SSSR count). The molecule has 2 unspecified atom stereocenters. The molecule has 0 aromatic carbocycles. The van der Waals surface area contributed by atoms with Gasteiger partial charge in [-0.3, -0.25) is 5.32 Å². The maximum atomic E-state index is 7.80. The van der Waals surface area contributed by atoms with Gasteiger partial charge in [0.2, 0.25) is 0 Å². The Labute approximate surface area is 55.8 Å². The largest absolute Gasteiger partial charge is 0.296 e. The fourth-order valence-electron chi connectivity index (χ4n) is 2.02. The normalized spacial score (nSPS) is 49.7. The second-order valence-electron chi connectivity index (χ2n) is 3.35. The van der Waals surface area contributed by atoms with Crippen LogP contribution in [0.2, 0.25) is 0 Å². The van der Waals surface area contributed by atoms with Gasteiger partial charge in [0.1, 0.15) is 0 Å². The topological polar surface area (TPSA) is 35.8 Å². The molecule has 0 saturated carbocycles. The first-order valence-corrected chi connectivity index (χ1v) is 3.81. The number of fused-ring (bicyclic) bond motifs is 2. The summed E-state index contributed by atoms with van der Waals surface area (Å²) in [5, 5.41) is 3.33. The third kappa shape index (κ3) is 0.864. The summed E-state index contributed by atoms with van der Waals surface area (Å²) >= 11 is 0. The van der Waals surface area contributed by atoms with E-state index in [1.54, 1.807) is 0 Å². The highest BCUT2D eigenvalue weighted by Crippen LogP contribution is 2.32. The van der Waals surface area contributed by atoms with Crippen molar-refractivity contribution in [3.63, 3.8) is 0 Å². The van der Waals surface area contributed by atoms with Gasteiger partial charge in [-0.05, 0) is 32.1 Å². The number of nitrogens with one attached hydrogen (secondary N) is 2. The summed E-state index contributed by atoms with van der Waals surface area (Å²) in [5.41, 5.74) is 7.59. The van der Waals surface area contributed by atoms with Crippen molar-refractivity contribution in [3.05, 3.63) is 0 Å². The van der Waals surface area contributed by atoms with E-state index in [0.717, 1.165) is 12.8 Å². The molecule has 0 amide bonds. The molecule has 2 N–H and O–H groups in total. The van der Waals surface area contributed by atoms with Crippen molar-refractivity contribution in [3.8, 4) is 0 Å². The first-order chi connectivity index (χ1) is 4.29. The molecule has 1 radical (unpaired) electrons. The van der Waals surface area contributed by atoms with Gasteiger partial charge in [0.05, 0.1) is 5.66 Å². The molecule has 0 aliphatic carbocycles. The summed E-state index contributed by atoms with van der Waals surface area (Å²) in [6.45, 7) is 0. The van der Waals surface area contributed by atoms with Gasteiger partial charge < -0.3 is 0 Å². The van der Waals surface area contributed by atoms with E-state index in [2.05, 4.69) is 5.32 Å². The van der Waals surface area contributed by atoms with Crippen LogP contribution in [0, 0.1) is 0 Å². The minimum atomic E-state index is -0.205. The average molecular weight is 125 g/mol. The van der Waals surface area contributed by atoms with Crippen LogP contribution >= 0.6 is 0 Å². The molecule has 2 atom stereocenters. The van der Waals surface area contributed by atoms with Gasteiger partial charge in [-0.1, -0.05) is 0 Å². The third-order valence-electron chi connectivity index (χ3n) is 2.56. The van der Waals surface area contributed by atoms with Gasteiger partial charge >= 0.3 is 0 Å². The molecular weight excluding hydrogens is 112 g/mol. The minimum absolute atomic E-state index is 0.205. The maximum absolute atomic E-state index is 7.80. The SMILES string of the molecule is [NH]C12CCCC(CC1)N2. The van der Waals surface area contributed by atoms with Crippen LogP contribution in [-0.4, -0.2) is 11.7 Å². The predicted molar refractivity (Wildman–Crippen MR) is 35.8 cm³/mol. The van der Waals surface area contributed by atoms with E-state index in [9.17, 15) is 0 Å². The Kier molecular flexibility index (Phi) is 1.08. The molecule has 0 aromatic rings. The quantitative estimate of drug-likeness (QED) is 0.513. The highest BCUT2D eigenvalue weighted by Gasteiger charge is 2.38. The Hall–Kier alpha value is -0.0800. The molecule has 9 heavy (non-hydrogen) atoms. The molecule has 2 fully saturated rings. The molecular formula is C7H13N2. The van der Waals surface area contributed by atoms with Gasteiger partial charge in [-0.2, -0.15) is 0 Å². The average Bonchev–Trinajstić information content (AvgIpc) is 2.07. The van der Waals surface area contributed by atoms with Gasteiger partial charge in [0, 0.05) is 6.04 Å². The zero-order chi connectivity index (χ0) is 6.32. The summed E-state index contributed by atoms with van der Waals surface area (Å²) in [6.07, 6.45) is 5.96. The van der Waals surface area contributed by atoms with Crippen LogP contribution in [0.4, 0.5) is 0 Å². The number of piperidine rings is 1. The summed E-state index contributed by atoms with van der Waals surface area (Å²) in [6, 6.07) is 0.691. The van der Waals surface area contributed by atoms with Crippen molar-refractivity contribution < 1.29 is 0 Å². The summed E-state index contributed by atoms with van der Waals surface area (Å²) in [4.78, 5) is 0. The third-order valence-corrected chi connectivity index (χ3v) is 2.56. The highest BCUT2D eigenvalue weighted by atomic mass is 15.2. The van der Waals surface area contributed by atoms with Gasteiger partial charge in [0.25, 0.3) is 0 Å². The molecule has 2 bridgehead atoms. The van der Waals surface area contributed by atoms with E-state index in [-0.39, 0.29) is 5.66 Å². The molecule has 2 heteroatoms. The molecule has 51 valence electrons. The Balaban J connectivity index is 2.13. The summed E-state index contributed by atoms with van der Waals surface area (Å²) in [5.74, 6) is 0. The van der Waals surface area contributed by atoms with E-state index in [1.807, 2.05) is 0 Å². The van der Waals surface area contributed by atoms with Crippen molar-refractivity contribution >= 4 is 0 Å². The van der Waals surface area contributed by atoms with Crippen LogP contribution in [0.25, 0.3) is 0 Å². The fraction of sp³-hybridized carbons (Fsp3) is 1.00. The highest BCUT2D eigenvalue weighted by molar-refractivity contribution is 4.96. The first-order valence-electron chi connectivity index (χ1n) is 3.81. The van der Waals surface area contributed by atoms with Gasteiger partial charge in [-0.15, -0.1) is 0 Å². The predicted octanol–water partition coefficient (Wildman–Crippen LogP) is 0.901. The van der Waals surface area contributed by atoms with Crippen LogP contribution in [0.3, 0.4) is 0 Å². The van der Waals surface area contributed by atoms with Crippen LogP contribution in [0.15, 0.2) is 0 Å². The lowest BCUT2D eigenvalue weighted by molar-refractivity contribution is 0.274. The van der Waals surface area contributed by atoms with E-state index in [0.29, 0.717) is 6.04 Å². The van der Waals surface area contributed by atoms with Crippen LogP contribution in [0.1, 0.15) is 32.1 Å². The Bertz CT molecular complexity index is 120. The standard InChI is InChI=1S/C7H13N2/c8-7-4-1-2-6(9-7)3-5-7/h6,8-9H,1-5H2. The fourth-order valence-corrected chi connectivity index (χ4v) is 2.02. The summed E-state index contributed by atoms with van der Waals surface area (Å²) < 4.78 is 0. The minimum Gasteiger partial charge on any atom is -0.296 e. The molecule has 0 spiro atoms.